The molecule has 0 fully saturated rings. The molecule has 0 spiro atoms. The molecule has 2 aromatic carbocycles. The Morgan fingerprint density at radius 2 is 1.90 bits per heavy atom. The van der Waals surface area contributed by atoms with Gasteiger partial charge in [-0.1, -0.05) is 30.3 Å². The SMILES string of the molecule is CC(Nc1nccn1-c1ccccc1)c1cccc(F)c1. The highest BCUT2D eigenvalue weighted by Crippen LogP contribution is 2.21. The Balaban J connectivity index is 1.85. The van der Waals surface area contributed by atoms with Crippen molar-refractivity contribution in [3.05, 3.63) is 78.4 Å². The Kier molecular flexibility index (Phi) is 3.69. The Morgan fingerprint density at radius 3 is 2.67 bits per heavy atom. The standard InChI is InChI=1S/C17H16FN3/c1-13(14-6-5-7-15(18)12-14)20-17-19-10-11-21(17)16-8-3-2-4-9-16/h2-13H,1H3,(H,19,20). The van der Waals surface area contributed by atoms with Crippen molar-refractivity contribution in [1.29, 1.82) is 0 Å². The maximum atomic E-state index is 13.3. The van der Waals surface area contributed by atoms with Gasteiger partial charge in [0.25, 0.3) is 0 Å². The van der Waals surface area contributed by atoms with Crippen LogP contribution in [0.2, 0.25) is 0 Å². The molecule has 1 aromatic heterocycles. The summed E-state index contributed by atoms with van der Waals surface area (Å²) >= 11 is 0. The summed E-state index contributed by atoms with van der Waals surface area (Å²) in [5.41, 5.74) is 1.92. The van der Waals surface area contributed by atoms with Crippen molar-refractivity contribution in [2.45, 2.75) is 13.0 Å². The molecule has 21 heavy (non-hydrogen) atoms. The van der Waals surface area contributed by atoms with Gasteiger partial charge in [-0.15, -0.1) is 0 Å². The first-order valence-electron chi connectivity index (χ1n) is 6.85. The van der Waals surface area contributed by atoms with Gasteiger partial charge in [-0.3, -0.25) is 4.57 Å². The number of benzene rings is 2. The third-order valence-electron chi connectivity index (χ3n) is 3.37. The topological polar surface area (TPSA) is 29.9 Å². The zero-order chi connectivity index (χ0) is 14.7. The first-order chi connectivity index (χ1) is 10.2. The van der Waals surface area contributed by atoms with Crippen LogP contribution in [0.25, 0.3) is 5.69 Å². The number of aromatic nitrogens is 2. The molecule has 3 nitrogen and oxygen atoms in total. The van der Waals surface area contributed by atoms with E-state index in [2.05, 4.69) is 10.3 Å². The molecule has 0 bridgehead atoms. The van der Waals surface area contributed by atoms with Crippen LogP contribution in [0.3, 0.4) is 0 Å². The Bertz CT molecular complexity index is 722. The highest BCUT2D eigenvalue weighted by Gasteiger charge is 2.10. The fraction of sp³-hybridized carbons (Fsp3) is 0.118. The maximum Gasteiger partial charge on any atom is 0.207 e. The molecule has 1 N–H and O–H groups in total. The predicted molar refractivity (Wildman–Crippen MR) is 82.0 cm³/mol. The van der Waals surface area contributed by atoms with E-state index < -0.39 is 0 Å². The minimum Gasteiger partial charge on any atom is -0.349 e. The second kappa shape index (κ2) is 5.79. The zero-order valence-corrected chi connectivity index (χ0v) is 11.7. The first kappa shape index (κ1) is 13.4. The summed E-state index contributed by atoms with van der Waals surface area (Å²) in [5.74, 6) is 0.505. The minimum absolute atomic E-state index is 0.0365. The molecule has 0 amide bonds. The third kappa shape index (κ3) is 2.94. The van der Waals surface area contributed by atoms with E-state index in [1.165, 1.54) is 12.1 Å². The number of anilines is 1. The molecule has 0 aliphatic rings. The van der Waals surface area contributed by atoms with Crippen LogP contribution in [0.5, 0.6) is 0 Å². The molecule has 0 radical (unpaired) electrons. The normalized spacial score (nSPS) is 12.1. The number of para-hydroxylation sites is 1. The lowest BCUT2D eigenvalue weighted by Gasteiger charge is -2.16. The molecule has 0 saturated carbocycles. The number of rotatable bonds is 4. The van der Waals surface area contributed by atoms with E-state index in [4.69, 9.17) is 0 Å². The highest BCUT2D eigenvalue weighted by molar-refractivity contribution is 5.43. The van der Waals surface area contributed by atoms with Crippen LogP contribution in [-0.4, -0.2) is 9.55 Å². The minimum atomic E-state index is -0.229. The quantitative estimate of drug-likeness (QED) is 0.777. The fourth-order valence-electron chi connectivity index (χ4n) is 2.26. The van der Waals surface area contributed by atoms with Gasteiger partial charge < -0.3 is 5.32 Å². The molecule has 0 aliphatic carbocycles. The summed E-state index contributed by atoms with van der Waals surface area (Å²) < 4.78 is 15.3. The van der Waals surface area contributed by atoms with Crippen LogP contribution in [0.4, 0.5) is 10.3 Å². The maximum absolute atomic E-state index is 13.3. The number of halogens is 1. The zero-order valence-electron chi connectivity index (χ0n) is 11.7. The first-order valence-corrected chi connectivity index (χ1v) is 6.85. The average Bonchev–Trinajstić information content (AvgIpc) is 2.96. The third-order valence-corrected chi connectivity index (χ3v) is 3.37. The number of nitrogens with zero attached hydrogens (tertiary/aromatic N) is 2. The van der Waals surface area contributed by atoms with Crippen LogP contribution in [0, 0.1) is 5.82 Å². The molecule has 4 heteroatoms. The molecule has 1 unspecified atom stereocenters. The summed E-state index contributed by atoms with van der Waals surface area (Å²) in [6.07, 6.45) is 3.64. The van der Waals surface area contributed by atoms with Crippen LogP contribution in [-0.2, 0) is 0 Å². The number of nitrogens with one attached hydrogen (secondary N) is 1. The molecule has 0 saturated heterocycles. The lowest BCUT2D eigenvalue weighted by atomic mass is 10.1. The van der Waals surface area contributed by atoms with E-state index in [0.29, 0.717) is 0 Å². The summed E-state index contributed by atoms with van der Waals surface area (Å²) in [6, 6.07) is 16.5. The molecule has 1 atom stereocenters. The molecule has 1 heterocycles. The van der Waals surface area contributed by atoms with Gasteiger partial charge in [-0.2, -0.15) is 0 Å². The van der Waals surface area contributed by atoms with Crippen LogP contribution in [0.15, 0.2) is 67.0 Å². The van der Waals surface area contributed by atoms with Gasteiger partial charge in [-0.05, 0) is 36.8 Å². The number of hydrogen-bond donors (Lipinski definition) is 1. The predicted octanol–water partition coefficient (Wildman–Crippen LogP) is 4.18. The molecular formula is C17H16FN3. The average molecular weight is 281 g/mol. The molecule has 3 rings (SSSR count). The summed E-state index contributed by atoms with van der Waals surface area (Å²) in [7, 11) is 0. The van der Waals surface area contributed by atoms with Gasteiger partial charge in [0, 0.05) is 18.1 Å². The van der Waals surface area contributed by atoms with E-state index in [9.17, 15) is 4.39 Å². The van der Waals surface area contributed by atoms with Crippen LogP contribution >= 0.6 is 0 Å². The van der Waals surface area contributed by atoms with Crippen molar-refractivity contribution >= 4 is 5.95 Å². The van der Waals surface area contributed by atoms with E-state index in [-0.39, 0.29) is 11.9 Å². The Labute approximate surface area is 123 Å². The van der Waals surface area contributed by atoms with Crippen molar-refractivity contribution in [2.75, 3.05) is 5.32 Å². The van der Waals surface area contributed by atoms with E-state index >= 15 is 0 Å². The monoisotopic (exact) mass is 281 g/mol. The summed E-state index contributed by atoms with van der Waals surface area (Å²) in [5, 5.41) is 3.32. The lowest BCUT2D eigenvalue weighted by Crippen LogP contribution is -2.11. The van der Waals surface area contributed by atoms with Gasteiger partial charge >= 0.3 is 0 Å². The van der Waals surface area contributed by atoms with E-state index in [0.717, 1.165) is 17.2 Å². The molecule has 3 aromatic rings. The van der Waals surface area contributed by atoms with E-state index in [1.807, 2.05) is 54.1 Å². The van der Waals surface area contributed by atoms with Crippen molar-refractivity contribution in [3.8, 4) is 5.69 Å². The number of hydrogen-bond acceptors (Lipinski definition) is 2. The van der Waals surface area contributed by atoms with Gasteiger partial charge in [0.05, 0.1) is 6.04 Å². The molecule has 106 valence electrons. The molecule has 0 aliphatic heterocycles. The Morgan fingerprint density at radius 1 is 1.10 bits per heavy atom. The van der Waals surface area contributed by atoms with Crippen molar-refractivity contribution < 1.29 is 4.39 Å². The summed E-state index contributed by atoms with van der Waals surface area (Å²) in [6.45, 7) is 1.98. The van der Waals surface area contributed by atoms with Crippen molar-refractivity contribution in [3.63, 3.8) is 0 Å². The molecular weight excluding hydrogens is 265 g/mol. The van der Waals surface area contributed by atoms with Crippen LogP contribution < -0.4 is 5.32 Å². The lowest BCUT2D eigenvalue weighted by molar-refractivity contribution is 0.623. The van der Waals surface area contributed by atoms with Crippen molar-refractivity contribution in [2.24, 2.45) is 0 Å². The van der Waals surface area contributed by atoms with Crippen LogP contribution in [0.1, 0.15) is 18.5 Å². The fourth-order valence-corrected chi connectivity index (χ4v) is 2.26. The highest BCUT2D eigenvalue weighted by atomic mass is 19.1. The van der Waals surface area contributed by atoms with Gasteiger partial charge in [0.1, 0.15) is 5.82 Å². The van der Waals surface area contributed by atoms with Gasteiger partial charge in [-0.25, -0.2) is 9.37 Å². The van der Waals surface area contributed by atoms with E-state index in [1.54, 1.807) is 12.3 Å². The van der Waals surface area contributed by atoms with Gasteiger partial charge in [0.2, 0.25) is 5.95 Å². The van der Waals surface area contributed by atoms with Crippen molar-refractivity contribution in [1.82, 2.24) is 9.55 Å². The Hall–Kier alpha value is -2.62. The second-order valence-corrected chi connectivity index (χ2v) is 4.88. The van der Waals surface area contributed by atoms with Gasteiger partial charge in [0.15, 0.2) is 0 Å². The smallest absolute Gasteiger partial charge is 0.207 e. The largest absolute Gasteiger partial charge is 0.349 e. The second-order valence-electron chi connectivity index (χ2n) is 4.88. The summed E-state index contributed by atoms with van der Waals surface area (Å²) in [4.78, 5) is 4.34. The number of imidazole rings is 1.